The molecule has 0 aromatic heterocycles. The monoisotopic (exact) mass is 218 g/mol. The number of carbonyl (C=O) groups is 2. The van der Waals surface area contributed by atoms with Gasteiger partial charge in [-0.15, -0.1) is 0 Å². The molecule has 1 rings (SSSR count). The van der Waals surface area contributed by atoms with E-state index in [1.54, 1.807) is 0 Å². The molecule has 0 aromatic carbocycles. The molecule has 86 valence electrons. The molecule has 2 atom stereocenters. The highest BCUT2D eigenvalue weighted by atomic mass is 16.8. The van der Waals surface area contributed by atoms with Crippen LogP contribution in [0.25, 0.3) is 0 Å². The van der Waals surface area contributed by atoms with E-state index in [1.807, 2.05) is 0 Å². The van der Waals surface area contributed by atoms with E-state index >= 15 is 0 Å². The van der Waals surface area contributed by atoms with Crippen LogP contribution in [-0.4, -0.2) is 39.1 Å². The van der Waals surface area contributed by atoms with E-state index in [0.29, 0.717) is 0 Å². The molecule has 1 fully saturated rings. The zero-order chi connectivity index (χ0) is 12.1. The van der Waals surface area contributed by atoms with Crippen molar-refractivity contribution in [3.63, 3.8) is 0 Å². The number of hydrogen-bond acceptors (Lipinski definition) is 4. The summed E-state index contributed by atoms with van der Waals surface area (Å²) in [6, 6.07) is 0. The molecule has 6 nitrogen and oxygen atoms in total. The van der Waals surface area contributed by atoms with Gasteiger partial charge in [-0.2, -0.15) is 0 Å². The van der Waals surface area contributed by atoms with Crippen molar-refractivity contribution in [2.45, 2.75) is 44.7 Å². The molecular weight excluding hydrogens is 204 g/mol. The topological polar surface area (TPSA) is 93.1 Å². The minimum absolute atomic E-state index is 1.19. The second kappa shape index (κ2) is 2.93. The highest BCUT2D eigenvalue weighted by Gasteiger charge is 2.67. The van der Waals surface area contributed by atoms with E-state index in [4.69, 9.17) is 19.7 Å². The summed E-state index contributed by atoms with van der Waals surface area (Å²) in [4.78, 5) is 22.1. The van der Waals surface area contributed by atoms with Gasteiger partial charge in [-0.05, 0) is 27.7 Å². The van der Waals surface area contributed by atoms with Gasteiger partial charge in [0.15, 0.2) is 5.79 Å². The number of aliphatic carboxylic acids is 2. The molecule has 1 aliphatic heterocycles. The average molecular weight is 218 g/mol. The Morgan fingerprint density at radius 3 is 1.33 bits per heavy atom. The predicted molar refractivity (Wildman–Crippen MR) is 48.3 cm³/mol. The Kier molecular flexibility index (Phi) is 2.33. The van der Waals surface area contributed by atoms with Crippen molar-refractivity contribution in [1.29, 1.82) is 0 Å². The van der Waals surface area contributed by atoms with Crippen molar-refractivity contribution < 1.29 is 29.3 Å². The van der Waals surface area contributed by atoms with Crippen molar-refractivity contribution >= 4 is 11.9 Å². The molecule has 1 saturated heterocycles. The van der Waals surface area contributed by atoms with Crippen LogP contribution in [0.5, 0.6) is 0 Å². The van der Waals surface area contributed by atoms with Crippen LogP contribution < -0.4 is 0 Å². The molecule has 0 aromatic rings. The first kappa shape index (κ1) is 11.9. The van der Waals surface area contributed by atoms with Crippen LogP contribution in [0.4, 0.5) is 0 Å². The average Bonchev–Trinajstić information content (AvgIpc) is 2.19. The molecule has 0 aliphatic carbocycles. The molecule has 0 saturated carbocycles. The Balaban J connectivity index is 3.27. The van der Waals surface area contributed by atoms with E-state index in [0.717, 1.165) is 0 Å². The third-order valence-electron chi connectivity index (χ3n) is 2.63. The first-order valence-corrected chi connectivity index (χ1v) is 4.42. The standard InChI is InChI=1S/C9H14O6/c1-7(2)14-8(3,5(10)11)9(4,15-7)6(12)13/h1-4H3,(H,10,11)(H,12,13). The number of hydrogen-bond donors (Lipinski definition) is 2. The maximum atomic E-state index is 11.1. The van der Waals surface area contributed by atoms with Crippen LogP contribution in [0, 0.1) is 0 Å². The van der Waals surface area contributed by atoms with Crippen molar-refractivity contribution in [2.24, 2.45) is 0 Å². The summed E-state index contributed by atoms with van der Waals surface area (Å²) in [5.41, 5.74) is -3.80. The van der Waals surface area contributed by atoms with Crippen molar-refractivity contribution in [2.75, 3.05) is 0 Å². The van der Waals surface area contributed by atoms with Gasteiger partial charge in [0.2, 0.25) is 11.2 Å². The van der Waals surface area contributed by atoms with Crippen LogP contribution in [0.2, 0.25) is 0 Å². The van der Waals surface area contributed by atoms with Crippen LogP contribution >= 0.6 is 0 Å². The van der Waals surface area contributed by atoms with Crippen LogP contribution in [0.1, 0.15) is 27.7 Å². The van der Waals surface area contributed by atoms with E-state index in [1.165, 1.54) is 27.7 Å². The number of carboxylic acid groups (broad SMARTS) is 2. The summed E-state index contributed by atoms with van der Waals surface area (Å²) in [5.74, 6) is -3.96. The SMILES string of the molecule is CC1(C)OC(C)(C(=O)O)C(C)(C(=O)O)O1. The normalized spacial score (nSPS) is 38.9. The lowest BCUT2D eigenvalue weighted by Gasteiger charge is -2.29. The number of carboxylic acids is 2. The lowest BCUT2D eigenvalue weighted by Crippen LogP contribution is -2.57. The molecule has 2 N–H and O–H groups in total. The Morgan fingerprint density at radius 1 is 0.867 bits per heavy atom. The molecule has 0 radical (unpaired) electrons. The Morgan fingerprint density at radius 2 is 1.13 bits per heavy atom. The lowest BCUT2D eigenvalue weighted by molar-refractivity contribution is -0.184. The summed E-state index contributed by atoms with van der Waals surface area (Å²) in [5, 5.41) is 18.0. The summed E-state index contributed by atoms with van der Waals surface area (Å²) in [6.45, 7) is 5.33. The molecular formula is C9H14O6. The first-order valence-electron chi connectivity index (χ1n) is 4.42. The smallest absolute Gasteiger partial charge is 0.339 e. The van der Waals surface area contributed by atoms with E-state index in [9.17, 15) is 9.59 Å². The van der Waals surface area contributed by atoms with Crippen molar-refractivity contribution in [3.05, 3.63) is 0 Å². The second-order valence-electron chi connectivity index (χ2n) is 4.28. The molecule has 0 amide bonds. The van der Waals surface area contributed by atoms with Gasteiger partial charge in [-0.1, -0.05) is 0 Å². The van der Waals surface area contributed by atoms with Gasteiger partial charge in [0.25, 0.3) is 0 Å². The minimum Gasteiger partial charge on any atom is -0.479 e. The molecule has 6 heteroatoms. The fraction of sp³-hybridized carbons (Fsp3) is 0.778. The van der Waals surface area contributed by atoms with Gasteiger partial charge < -0.3 is 19.7 Å². The van der Waals surface area contributed by atoms with Crippen molar-refractivity contribution in [1.82, 2.24) is 0 Å². The number of rotatable bonds is 2. The van der Waals surface area contributed by atoms with Crippen LogP contribution in [0.15, 0.2) is 0 Å². The van der Waals surface area contributed by atoms with Crippen molar-refractivity contribution in [3.8, 4) is 0 Å². The molecule has 15 heavy (non-hydrogen) atoms. The van der Waals surface area contributed by atoms with E-state index in [-0.39, 0.29) is 0 Å². The quantitative estimate of drug-likeness (QED) is 0.699. The molecule has 0 bridgehead atoms. The fourth-order valence-electron chi connectivity index (χ4n) is 1.69. The third kappa shape index (κ3) is 1.49. The zero-order valence-electron chi connectivity index (χ0n) is 9.03. The van der Waals surface area contributed by atoms with Gasteiger partial charge in [0.05, 0.1) is 0 Å². The Bertz CT molecular complexity index is 293. The Hall–Kier alpha value is -1.14. The zero-order valence-corrected chi connectivity index (χ0v) is 9.03. The maximum absolute atomic E-state index is 11.1. The van der Waals surface area contributed by atoms with Crippen LogP contribution in [0.3, 0.4) is 0 Å². The van der Waals surface area contributed by atoms with Gasteiger partial charge in [-0.25, -0.2) is 9.59 Å². The largest absolute Gasteiger partial charge is 0.479 e. The summed E-state index contributed by atoms with van der Waals surface area (Å²) in [6.07, 6.45) is 0. The van der Waals surface area contributed by atoms with Gasteiger partial charge in [-0.3, -0.25) is 0 Å². The number of ether oxygens (including phenoxy) is 2. The Labute approximate surface area is 86.8 Å². The van der Waals surface area contributed by atoms with E-state index in [2.05, 4.69) is 0 Å². The molecule has 1 aliphatic rings. The second-order valence-corrected chi connectivity index (χ2v) is 4.28. The summed E-state index contributed by atoms with van der Waals surface area (Å²) < 4.78 is 10.3. The maximum Gasteiger partial charge on any atom is 0.339 e. The van der Waals surface area contributed by atoms with Crippen LogP contribution in [-0.2, 0) is 19.1 Å². The first-order chi connectivity index (χ1) is 6.55. The fourth-order valence-corrected chi connectivity index (χ4v) is 1.69. The highest BCUT2D eigenvalue weighted by Crippen LogP contribution is 2.44. The van der Waals surface area contributed by atoms with E-state index < -0.39 is 28.9 Å². The molecule has 0 spiro atoms. The minimum atomic E-state index is -1.90. The predicted octanol–water partition coefficient (Wildman–Crippen LogP) is 0.456. The summed E-state index contributed by atoms with van der Waals surface area (Å²) >= 11 is 0. The highest BCUT2D eigenvalue weighted by molar-refractivity contribution is 5.91. The van der Waals surface area contributed by atoms with Gasteiger partial charge >= 0.3 is 11.9 Å². The third-order valence-corrected chi connectivity index (χ3v) is 2.63. The molecule has 2 unspecified atom stereocenters. The lowest BCUT2D eigenvalue weighted by atomic mass is 9.86. The van der Waals surface area contributed by atoms with Gasteiger partial charge in [0.1, 0.15) is 0 Å². The van der Waals surface area contributed by atoms with Gasteiger partial charge in [0, 0.05) is 0 Å². The molecule has 1 heterocycles. The summed E-state index contributed by atoms with van der Waals surface area (Å²) in [7, 11) is 0.